The van der Waals surface area contributed by atoms with Crippen molar-refractivity contribution in [2.45, 2.75) is 25.9 Å². The van der Waals surface area contributed by atoms with Crippen molar-refractivity contribution in [3.8, 4) is 5.75 Å². The molecular weight excluding hydrogens is 316 g/mol. The van der Waals surface area contributed by atoms with E-state index in [0.717, 1.165) is 17.7 Å². The fourth-order valence-corrected chi connectivity index (χ4v) is 2.63. The largest absolute Gasteiger partial charge is 0.481 e. The number of hydrogen-bond donors (Lipinski definition) is 1. The molecule has 0 heterocycles. The van der Waals surface area contributed by atoms with Crippen molar-refractivity contribution in [1.82, 2.24) is 0 Å². The number of anilines is 1. The van der Waals surface area contributed by atoms with Crippen LogP contribution in [0.2, 0.25) is 0 Å². The molecule has 1 aliphatic carbocycles. The molecule has 0 fully saturated rings. The van der Waals surface area contributed by atoms with Gasteiger partial charge in [-0.1, -0.05) is 12.1 Å². The number of benzene rings is 2. The second-order valence-electron chi connectivity index (χ2n) is 5.58. The normalized spacial score (nSPS) is 14.2. The minimum Gasteiger partial charge on any atom is -0.481 e. The number of hydrogen-bond acceptors (Lipinski definition) is 3. The number of rotatable bonds is 4. The van der Waals surface area contributed by atoms with Gasteiger partial charge in [-0.25, -0.2) is 8.78 Å². The van der Waals surface area contributed by atoms with Gasteiger partial charge in [-0.05, 0) is 31.5 Å². The first-order valence-corrected chi connectivity index (χ1v) is 7.53. The van der Waals surface area contributed by atoms with Crippen LogP contribution in [0.1, 0.15) is 29.3 Å². The number of carbonyl (C=O) groups is 2. The van der Waals surface area contributed by atoms with E-state index in [1.54, 1.807) is 25.1 Å². The zero-order valence-electron chi connectivity index (χ0n) is 12.9. The molecule has 0 spiro atoms. The third kappa shape index (κ3) is 3.13. The molecule has 0 bridgehead atoms. The lowest BCUT2D eigenvalue weighted by Gasteiger charge is -2.17. The first kappa shape index (κ1) is 16.1. The fourth-order valence-electron chi connectivity index (χ4n) is 2.63. The number of nitrogens with one attached hydrogen (secondary N) is 1. The van der Waals surface area contributed by atoms with Gasteiger partial charge in [-0.2, -0.15) is 0 Å². The van der Waals surface area contributed by atoms with E-state index in [9.17, 15) is 18.4 Å². The number of fused-ring (bicyclic) bond motifs is 1. The number of ketones is 1. The zero-order chi connectivity index (χ0) is 17.3. The van der Waals surface area contributed by atoms with Gasteiger partial charge in [0, 0.05) is 29.3 Å². The summed E-state index contributed by atoms with van der Waals surface area (Å²) in [5.74, 6) is -1.97. The molecule has 2 aromatic carbocycles. The molecule has 1 unspecified atom stereocenters. The lowest BCUT2D eigenvalue weighted by Crippen LogP contribution is -2.30. The SMILES string of the molecule is CC(Oc1cccc2c1CCC2=O)C(=O)Nc1ccc(F)c(F)c1. The number of Topliss-reactive ketones (excluding diaryl/α,β-unsaturated/α-hetero) is 1. The minimum atomic E-state index is -1.04. The average Bonchev–Trinajstić information content (AvgIpc) is 2.93. The number of carbonyl (C=O) groups excluding carboxylic acids is 2. The maximum atomic E-state index is 13.2. The molecule has 24 heavy (non-hydrogen) atoms. The molecule has 0 saturated carbocycles. The lowest BCUT2D eigenvalue weighted by molar-refractivity contribution is -0.122. The van der Waals surface area contributed by atoms with Crippen LogP contribution in [-0.2, 0) is 11.2 Å². The predicted octanol–water partition coefficient (Wildman–Crippen LogP) is 3.50. The van der Waals surface area contributed by atoms with Gasteiger partial charge in [0.25, 0.3) is 5.91 Å². The first-order chi connectivity index (χ1) is 11.5. The van der Waals surface area contributed by atoms with E-state index < -0.39 is 23.6 Å². The quantitative estimate of drug-likeness (QED) is 0.933. The van der Waals surface area contributed by atoms with Crippen LogP contribution in [0, 0.1) is 11.6 Å². The Kier molecular flexibility index (Phi) is 4.29. The molecular formula is C18H15F2NO3. The van der Waals surface area contributed by atoms with Gasteiger partial charge in [0.1, 0.15) is 5.75 Å². The molecule has 0 radical (unpaired) electrons. The molecule has 1 amide bonds. The van der Waals surface area contributed by atoms with Crippen LogP contribution in [0.4, 0.5) is 14.5 Å². The first-order valence-electron chi connectivity index (χ1n) is 7.53. The maximum Gasteiger partial charge on any atom is 0.265 e. The van der Waals surface area contributed by atoms with Crippen molar-refractivity contribution in [2.75, 3.05) is 5.32 Å². The Balaban J connectivity index is 1.71. The monoisotopic (exact) mass is 331 g/mol. The highest BCUT2D eigenvalue weighted by atomic mass is 19.2. The summed E-state index contributed by atoms with van der Waals surface area (Å²) in [5.41, 5.74) is 1.57. The highest BCUT2D eigenvalue weighted by Crippen LogP contribution is 2.31. The summed E-state index contributed by atoms with van der Waals surface area (Å²) in [7, 11) is 0. The summed E-state index contributed by atoms with van der Waals surface area (Å²) < 4.78 is 31.7. The Bertz CT molecular complexity index is 820. The van der Waals surface area contributed by atoms with E-state index in [-0.39, 0.29) is 11.5 Å². The third-order valence-corrected chi connectivity index (χ3v) is 3.90. The summed E-state index contributed by atoms with van der Waals surface area (Å²) in [6.07, 6.45) is 0.160. The summed E-state index contributed by atoms with van der Waals surface area (Å²) in [6, 6.07) is 8.26. The summed E-state index contributed by atoms with van der Waals surface area (Å²) in [5, 5.41) is 2.47. The Hall–Kier alpha value is -2.76. The number of halogens is 2. The van der Waals surface area contributed by atoms with Gasteiger partial charge >= 0.3 is 0 Å². The summed E-state index contributed by atoms with van der Waals surface area (Å²) in [6.45, 7) is 1.55. The van der Waals surface area contributed by atoms with Crippen molar-refractivity contribution < 1.29 is 23.1 Å². The minimum absolute atomic E-state index is 0.0642. The maximum absolute atomic E-state index is 13.2. The Morgan fingerprint density at radius 3 is 2.71 bits per heavy atom. The van der Waals surface area contributed by atoms with E-state index in [0.29, 0.717) is 24.2 Å². The van der Waals surface area contributed by atoms with E-state index in [1.807, 2.05) is 0 Å². The summed E-state index contributed by atoms with van der Waals surface area (Å²) >= 11 is 0. The number of ether oxygens (including phenoxy) is 1. The van der Waals surface area contributed by atoms with Crippen LogP contribution < -0.4 is 10.1 Å². The van der Waals surface area contributed by atoms with Crippen LogP contribution in [0.3, 0.4) is 0 Å². The molecule has 3 rings (SSSR count). The molecule has 124 valence electrons. The molecule has 2 aromatic rings. The van der Waals surface area contributed by atoms with E-state index in [1.165, 1.54) is 6.07 Å². The second-order valence-corrected chi connectivity index (χ2v) is 5.58. The van der Waals surface area contributed by atoms with Crippen molar-refractivity contribution in [3.05, 3.63) is 59.2 Å². The molecule has 6 heteroatoms. The Morgan fingerprint density at radius 2 is 1.96 bits per heavy atom. The summed E-state index contributed by atoms with van der Waals surface area (Å²) in [4.78, 5) is 23.9. The van der Waals surface area contributed by atoms with Gasteiger partial charge in [0.05, 0.1) is 0 Å². The van der Waals surface area contributed by atoms with E-state index in [4.69, 9.17) is 4.74 Å². The van der Waals surface area contributed by atoms with Gasteiger partial charge in [-0.3, -0.25) is 9.59 Å². The van der Waals surface area contributed by atoms with E-state index >= 15 is 0 Å². The van der Waals surface area contributed by atoms with Crippen LogP contribution >= 0.6 is 0 Å². The average molecular weight is 331 g/mol. The van der Waals surface area contributed by atoms with Crippen LogP contribution in [0.25, 0.3) is 0 Å². The third-order valence-electron chi connectivity index (χ3n) is 3.90. The van der Waals surface area contributed by atoms with Crippen molar-refractivity contribution in [3.63, 3.8) is 0 Å². The second kappa shape index (κ2) is 6.39. The zero-order valence-corrected chi connectivity index (χ0v) is 12.9. The Morgan fingerprint density at radius 1 is 1.17 bits per heavy atom. The lowest BCUT2D eigenvalue weighted by atomic mass is 10.1. The highest BCUT2D eigenvalue weighted by molar-refractivity contribution is 6.01. The predicted molar refractivity (Wildman–Crippen MR) is 84.2 cm³/mol. The van der Waals surface area contributed by atoms with Gasteiger partial charge < -0.3 is 10.1 Å². The van der Waals surface area contributed by atoms with Crippen molar-refractivity contribution in [2.24, 2.45) is 0 Å². The van der Waals surface area contributed by atoms with Gasteiger partial charge in [0.15, 0.2) is 23.5 Å². The van der Waals surface area contributed by atoms with Crippen LogP contribution in [-0.4, -0.2) is 17.8 Å². The topological polar surface area (TPSA) is 55.4 Å². The molecule has 1 N–H and O–H groups in total. The molecule has 4 nitrogen and oxygen atoms in total. The Labute approximate surface area is 137 Å². The highest BCUT2D eigenvalue weighted by Gasteiger charge is 2.24. The standard InChI is InChI=1S/C18H15F2NO3/c1-10(18(23)21-11-5-7-14(19)15(20)9-11)24-17-4-2-3-12-13(17)6-8-16(12)22/h2-5,7,9-10H,6,8H2,1H3,(H,21,23). The number of amides is 1. The molecule has 0 saturated heterocycles. The molecule has 1 aliphatic rings. The van der Waals surface area contributed by atoms with Crippen molar-refractivity contribution in [1.29, 1.82) is 0 Å². The van der Waals surface area contributed by atoms with Crippen molar-refractivity contribution >= 4 is 17.4 Å². The van der Waals surface area contributed by atoms with E-state index in [2.05, 4.69) is 5.32 Å². The van der Waals surface area contributed by atoms with Crippen LogP contribution in [0.15, 0.2) is 36.4 Å². The molecule has 0 aliphatic heterocycles. The smallest absolute Gasteiger partial charge is 0.265 e. The van der Waals surface area contributed by atoms with Gasteiger partial charge in [0.2, 0.25) is 0 Å². The van der Waals surface area contributed by atoms with Gasteiger partial charge in [-0.15, -0.1) is 0 Å². The molecule has 1 atom stereocenters. The van der Waals surface area contributed by atoms with Crippen LogP contribution in [0.5, 0.6) is 5.75 Å². The fraction of sp³-hybridized carbons (Fsp3) is 0.222. The molecule has 0 aromatic heterocycles.